The van der Waals surface area contributed by atoms with E-state index in [1.54, 1.807) is 6.07 Å². The Kier molecular flexibility index (Phi) is 7.35. The van der Waals surface area contributed by atoms with E-state index >= 15 is 0 Å². The number of rotatable bonds is 5. The number of nitrogens with one attached hydrogen (secondary N) is 4. The average Bonchev–Trinajstić information content (AvgIpc) is 3.33. The summed E-state index contributed by atoms with van der Waals surface area (Å²) in [4.78, 5) is 45.9. The van der Waals surface area contributed by atoms with Crippen molar-refractivity contribution in [3.05, 3.63) is 40.5 Å². The molecule has 2 aromatic heterocycles. The van der Waals surface area contributed by atoms with Gasteiger partial charge in [0.15, 0.2) is 0 Å². The minimum Gasteiger partial charge on any atom is -0.483 e. The molecule has 1 aliphatic rings. The van der Waals surface area contributed by atoms with Gasteiger partial charge >= 0.3 is 5.69 Å². The van der Waals surface area contributed by atoms with Crippen molar-refractivity contribution >= 4 is 18.3 Å². The fourth-order valence-corrected chi connectivity index (χ4v) is 2.87. The molecule has 11 heteroatoms. The molecular formula is C16H21N5O6. The first-order chi connectivity index (χ1) is 13.0. The van der Waals surface area contributed by atoms with Gasteiger partial charge in [0.1, 0.15) is 12.1 Å². The van der Waals surface area contributed by atoms with Gasteiger partial charge in [0.2, 0.25) is 5.91 Å². The fourth-order valence-electron chi connectivity index (χ4n) is 2.87. The fraction of sp³-hybridized carbons (Fsp3) is 0.438. The number of nitrogens with zero attached hydrogens (tertiary/aromatic N) is 1. The van der Waals surface area contributed by atoms with E-state index in [0.717, 1.165) is 12.8 Å². The second kappa shape index (κ2) is 9.94. The predicted octanol–water partition coefficient (Wildman–Crippen LogP) is -0.00320. The number of hydrogen-bond acceptors (Lipinski definition) is 6. The van der Waals surface area contributed by atoms with Gasteiger partial charge in [0, 0.05) is 12.0 Å². The number of aromatic nitrogens is 3. The Hall–Kier alpha value is -3.37. The van der Waals surface area contributed by atoms with Crippen LogP contribution in [0.4, 0.5) is 0 Å². The Morgan fingerprint density at radius 3 is 2.59 bits per heavy atom. The van der Waals surface area contributed by atoms with Gasteiger partial charge in [0.05, 0.1) is 18.4 Å². The van der Waals surface area contributed by atoms with Gasteiger partial charge in [-0.2, -0.15) is 5.10 Å². The van der Waals surface area contributed by atoms with Crippen molar-refractivity contribution in [3.63, 3.8) is 0 Å². The number of carbonyl (C=O) groups is 3. The van der Waals surface area contributed by atoms with Crippen molar-refractivity contribution in [1.82, 2.24) is 25.8 Å². The average molecular weight is 379 g/mol. The minimum atomic E-state index is -0.395. The molecule has 0 saturated heterocycles. The zero-order chi connectivity index (χ0) is 19.6. The van der Waals surface area contributed by atoms with Gasteiger partial charge in [-0.15, -0.1) is 0 Å². The van der Waals surface area contributed by atoms with E-state index in [1.807, 2.05) is 0 Å². The molecule has 146 valence electrons. The van der Waals surface area contributed by atoms with E-state index in [1.165, 1.54) is 12.5 Å². The Labute approximate surface area is 153 Å². The summed E-state index contributed by atoms with van der Waals surface area (Å²) in [5.41, 5.74) is 0.107. The van der Waals surface area contributed by atoms with E-state index in [2.05, 4.69) is 25.8 Å². The van der Waals surface area contributed by atoms with Crippen molar-refractivity contribution in [2.45, 2.75) is 38.3 Å². The third-order valence-electron chi connectivity index (χ3n) is 4.20. The SMILES string of the molecule is O=C(NC1CCC(C(=O)NCc2n[nH]c(=O)[nH]2)CC1)c1ccoc1.O=CO. The zero-order valence-electron chi connectivity index (χ0n) is 14.4. The summed E-state index contributed by atoms with van der Waals surface area (Å²) in [5.74, 6) is 0.102. The van der Waals surface area contributed by atoms with Gasteiger partial charge in [-0.1, -0.05) is 0 Å². The molecule has 1 saturated carbocycles. The largest absolute Gasteiger partial charge is 0.483 e. The highest BCUT2D eigenvalue weighted by atomic mass is 16.3. The molecule has 3 rings (SSSR count). The number of carbonyl (C=O) groups excluding carboxylic acids is 2. The maximum Gasteiger partial charge on any atom is 0.340 e. The Morgan fingerprint density at radius 1 is 1.33 bits per heavy atom. The molecule has 0 bridgehead atoms. The molecular weight excluding hydrogens is 358 g/mol. The van der Waals surface area contributed by atoms with E-state index in [-0.39, 0.29) is 36.8 Å². The van der Waals surface area contributed by atoms with Gasteiger partial charge in [0.25, 0.3) is 12.4 Å². The van der Waals surface area contributed by atoms with E-state index in [0.29, 0.717) is 24.2 Å². The molecule has 2 aromatic rings. The van der Waals surface area contributed by atoms with Crippen molar-refractivity contribution in [2.75, 3.05) is 0 Å². The van der Waals surface area contributed by atoms with Crippen LogP contribution in [0.15, 0.2) is 27.8 Å². The first kappa shape index (κ1) is 19.9. The smallest absolute Gasteiger partial charge is 0.340 e. The van der Waals surface area contributed by atoms with E-state index in [4.69, 9.17) is 14.3 Å². The van der Waals surface area contributed by atoms with Crippen LogP contribution in [0.5, 0.6) is 0 Å². The highest BCUT2D eigenvalue weighted by Crippen LogP contribution is 2.24. The minimum absolute atomic E-state index is 0.0570. The molecule has 0 atom stereocenters. The molecule has 0 radical (unpaired) electrons. The van der Waals surface area contributed by atoms with Crippen LogP contribution in [0.25, 0.3) is 0 Å². The Morgan fingerprint density at radius 2 is 2.04 bits per heavy atom. The molecule has 27 heavy (non-hydrogen) atoms. The third-order valence-corrected chi connectivity index (χ3v) is 4.20. The van der Waals surface area contributed by atoms with Crippen molar-refractivity contribution in [3.8, 4) is 0 Å². The molecule has 2 heterocycles. The third kappa shape index (κ3) is 6.13. The lowest BCUT2D eigenvalue weighted by molar-refractivity contribution is -0.126. The Balaban J connectivity index is 0.000000817. The van der Waals surface area contributed by atoms with Crippen LogP contribution in [0.2, 0.25) is 0 Å². The van der Waals surface area contributed by atoms with Crippen molar-refractivity contribution < 1.29 is 23.9 Å². The number of H-pyrrole nitrogens is 2. The highest BCUT2D eigenvalue weighted by molar-refractivity contribution is 5.94. The number of amides is 2. The van der Waals surface area contributed by atoms with Crippen LogP contribution in [-0.4, -0.2) is 44.6 Å². The van der Waals surface area contributed by atoms with E-state index < -0.39 is 5.69 Å². The molecule has 0 unspecified atom stereocenters. The molecule has 5 N–H and O–H groups in total. The summed E-state index contributed by atoms with van der Waals surface area (Å²) < 4.78 is 4.90. The number of hydrogen-bond donors (Lipinski definition) is 5. The van der Waals surface area contributed by atoms with Crippen LogP contribution in [0.1, 0.15) is 41.9 Å². The highest BCUT2D eigenvalue weighted by Gasteiger charge is 2.27. The lowest BCUT2D eigenvalue weighted by Crippen LogP contribution is -2.40. The maximum atomic E-state index is 12.2. The molecule has 0 aromatic carbocycles. The number of aromatic amines is 2. The lowest BCUT2D eigenvalue weighted by atomic mass is 9.85. The quantitative estimate of drug-likeness (QED) is 0.455. The number of carboxylic acid groups (broad SMARTS) is 1. The summed E-state index contributed by atoms with van der Waals surface area (Å²) in [5, 5.41) is 18.6. The molecule has 1 fully saturated rings. The molecule has 0 spiro atoms. The molecule has 0 aliphatic heterocycles. The topological polar surface area (TPSA) is 170 Å². The predicted molar refractivity (Wildman–Crippen MR) is 91.7 cm³/mol. The molecule has 11 nitrogen and oxygen atoms in total. The summed E-state index contributed by atoms with van der Waals surface area (Å²) in [7, 11) is 0. The van der Waals surface area contributed by atoms with Crippen molar-refractivity contribution in [1.29, 1.82) is 0 Å². The molecule has 2 amide bonds. The monoisotopic (exact) mass is 379 g/mol. The second-order valence-electron chi connectivity index (χ2n) is 5.98. The van der Waals surface area contributed by atoms with Gasteiger partial charge in [-0.25, -0.2) is 9.89 Å². The summed E-state index contributed by atoms with van der Waals surface area (Å²) >= 11 is 0. The summed E-state index contributed by atoms with van der Waals surface area (Å²) in [6, 6.07) is 1.69. The van der Waals surface area contributed by atoms with Crippen molar-refractivity contribution in [2.24, 2.45) is 5.92 Å². The van der Waals surface area contributed by atoms with Crippen LogP contribution in [0.3, 0.4) is 0 Å². The van der Waals surface area contributed by atoms with Crippen LogP contribution < -0.4 is 16.3 Å². The number of furan rings is 1. The van der Waals surface area contributed by atoms with Crippen LogP contribution in [0, 0.1) is 5.92 Å². The Bertz CT molecular complexity index is 788. The normalized spacial score (nSPS) is 18.7. The van der Waals surface area contributed by atoms with Gasteiger partial charge < -0.3 is 20.2 Å². The van der Waals surface area contributed by atoms with Gasteiger partial charge in [-0.05, 0) is 31.7 Å². The van der Waals surface area contributed by atoms with Gasteiger partial charge in [-0.3, -0.25) is 19.4 Å². The van der Waals surface area contributed by atoms with Crippen LogP contribution >= 0.6 is 0 Å². The standard InChI is InChI=1S/C15H19N5O4.CH2O2/c21-13(16-7-12-18-15(23)20-19-12)9-1-3-11(4-2-9)17-14(22)10-5-6-24-8-10;2-1-3/h5-6,8-9,11H,1-4,7H2,(H,16,21)(H,17,22)(H2,18,19,20,23);1H,(H,2,3). The summed E-state index contributed by atoms with van der Waals surface area (Å²) in [6.07, 6.45) is 5.79. The summed E-state index contributed by atoms with van der Waals surface area (Å²) in [6.45, 7) is -0.0608. The first-order valence-electron chi connectivity index (χ1n) is 8.35. The zero-order valence-corrected chi connectivity index (χ0v) is 14.4. The first-order valence-corrected chi connectivity index (χ1v) is 8.35. The van der Waals surface area contributed by atoms with E-state index in [9.17, 15) is 14.4 Å². The maximum absolute atomic E-state index is 12.2. The lowest BCUT2D eigenvalue weighted by Gasteiger charge is -2.28. The molecule has 1 aliphatic carbocycles. The van der Waals surface area contributed by atoms with Crippen LogP contribution in [-0.2, 0) is 16.1 Å². The second-order valence-corrected chi connectivity index (χ2v) is 5.98.